The summed E-state index contributed by atoms with van der Waals surface area (Å²) in [6.07, 6.45) is 0. The molecule has 0 saturated heterocycles. The Morgan fingerprint density at radius 2 is 0.712 bits per heavy atom. The summed E-state index contributed by atoms with van der Waals surface area (Å²) in [6.45, 7) is 0. The van der Waals surface area contributed by atoms with E-state index in [0.717, 1.165) is 60.7 Å². The predicted octanol–water partition coefficient (Wildman–Crippen LogP) is 18.7. The highest BCUT2D eigenvalue weighted by Crippen LogP contribution is 2.43. The van der Waals surface area contributed by atoms with Crippen LogP contribution in [0.4, 0.5) is 0 Å². The van der Waals surface area contributed by atoms with Gasteiger partial charge in [0.05, 0.1) is 33.5 Å². The summed E-state index contributed by atoms with van der Waals surface area (Å²) in [6, 6.07) is 88.7. The molecule has 0 N–H and O–H groups in total. The molecule has 73 heavy (non-hydrogen) atoms. The third-order valence-corrected chi connectivity index (χ3v) is 16.5. The van der Waals surface area contributed by atoms with E-state index in [1.54, 1.807) is 0 Å². The van der Waals surface area contributed by atoms with E-state index >= 15 is 0 Å². The SMILES string of the molecule is c1ccc2c(c1)cc(-c1cc(-c3cc4ccccc4c4ccccc34)nc(-n3c4ccccc4c4cc(-c5ccc6c(c5)c5ccccc5n6-c5ccc6sc7ccccc7c6c5)ccc43)n1)c1ccccc12. The smallest absolute Gasteiger partial charge is 0.235 e. The van der Waals surface area contributed by atoms with Gasteiger partial charge in [0.1, 0.15) is 0 Å². The van der Waals surface area contributed by atoms with E-state index in [1.807, 2.05) is 11.3 Å². The minimum absolute atomic E-state index is 0.629. The topological polar surface area (TPSA) is 35.6 Å². The van der Waals surface area contributed by atoms with Gasteiger partial charge in [-0.25, -0.2) is 9.97 Å². The van der Waals surface area contributed by atoms with Crippen molar-refractivity contribution in [2.75, 3.05) is 0 Å². The molecule has 0 atom stereocenters. The first-order valence-electron chi connectivity index (χ1n) is 24.9. The second-order valence-corrected chi connectivity index (χ2v) is 20.4. The largest absolute Gasteiger partial charge is 0.309 e. The van der Waals surface area contributed by atoms with Crippen LogP contribution in [0.5, 0.6) is 0 Å². The van der Waals surface area contributed by atoms with Gasteiger partial charge in [0.25, 0.3) is 0 Å². The van der Waals surface area contributed by atoms with E-state index in [-0.39, 0.29) is 0 Å². The maximum atomic E-state index is 5.62. The number of benzene rings is 12. The van der Waals surface area contributed by atoms with Crippen LogP contribution >= 0.6 is 11.3 Å². The molecule has 0 radical (unpaired) electrons. The fourth-order valence-corrected chi connectivity index (χ4v) is 13.1. The van der Waals surface area contributed by atoms with E-state index in [1.165, 1.54) is 85.5 Å². The number of fused-ring (bicyclic) bond motifs is 15. The minimum Gasteiger partial charge on any atom is -0.309 e. The molecule has 0 saturated carbocycles. The molecule has 0 aliphatic rings. The Kier molecular flexibility index (Phi) is 8.58. The summed E-state index contributed by atoms with van der Waals surface area (Å²) < 4.78 is 7.33. The van der Waals surface area contributed by atoms with Gasteiger partial charge in [0.2, 0.25) is 5.95 Å². The zero-order valence-corrected chi connectivity index (χ0v) is 40.1. The summed E-state index contributed by atoms with van der Waals surface area (Å²) in [4.78, 5) is 11.2. The molecule has 4 nitrogen and oxygen atoms in total. The van der Waals surface area contributed by atoms with Crippen molar-refractivity contribution in [3.05, 3.63) is 243 Å². The first-order valence-corrected chi connectivity index (χ1v) is 25.7. The fraction of sp³-hybridized carbons (Fsp3) is 0. The molecule has 0 unspecified atom stereocenters. The highest BCUT2D eigenvalue weighted by Gasteiger charge is 2.22. The molecule has 0 aliphatic heterocycles. The van der Waals surface area contributed by atoms with Crippen LogP contribution in [0.3, 0.4) is 0 Å². The van der Waals surface area contributed by atoms with Gasteiger partial charge in [-0.3, -0.25) is 4.57 Å². The molecule has 0 amide bonds. The fourth-order valence-electron chi connectivity index (χ4n) is 12.0. The lowest BCUT2D eigenvalue weighted by molar-refractivity contribution is 0.997. The van der Waals surface area contributed by atoms with Crippen LogP contribution in [-0.4, -0.2) is 19.1 Å². The van der Waals surface area contributed by atoms with Crippen molar-refractivity contribution >= 4 is 118 Å². The summed E-state index contributed by atoms with van der Waals surface area (Å²) in [7, 11) is 0. The predicted molar refractivity (Wildman–Crippen MR) is 310 cm³/mol. The van der Waals surface area contributed by atoms with Crippen molar-refractivity contribution in [1.29, 1.82) is 0 Å². The summed E-state index contributed by atoms with van der Waals surface area (Å²) in [5.74, 6) is 0.629. The molecular weight excluding hydrogens is 905 g/mol. The Balaban J connectivity index is 0.905. The van der Waals surface area contributed by atoms with Crippen LogP contribution in [0.1, 0.15) is 0 Å². The number of thiophene rings is 1. The Bertz CT molecular complexity index is 4860. The van der Waals surface area contributed by atoms with Crippen molar-refractivity contribution in [1.82, 2.24) is 19.1 Å². The van der Waals surface area contributed by atoms with Gasteiger partial charge in [-0.05, 0) is 133 Å². The zero-order valence-electron chi connectivity index (χ0n) is 39.3. The van der Waals surface area contributed by atoms with Gasteiger partial charge in [-0.1, -0.05) is 164 Å². The summed E-state index contributed by atoms with van der Waals surface area (Å²) in [5.41, 5.74) is 11.9. The molecule has 4 heterocycles. The Morgan fingerprint density at radius 1 is 0.274 bits per heavy atom. The third-order valence-electron chi connectivity index (χ3n) is 15.3. The molecule has 0 spiro atoms. The molecule has 0 bridgehead atoms. The lowest BCUT2D eigenvalue weighted by Gasteiger charge is -2.16. The number of hydrogen-bond donors (Lipinski definition) is 0. The standard InChI is InChI=1S/C68H40N4S/c1-3-17-46-43(15-1)37-55(50-21-7-5-19-48(46)50)60-40-61(56-38-44-16-2-4-18-47(44)49-20-6-8-22-51(49)56)70-68(69-60)72-63-27-13-10-24-53(63)58-36-42(30-33-65(58)72)41-29-32-64-57(35-41)52-23-9-12-26-62(52)71(64)45-31-34-67-59(39-45)54-25-11-14-28-66(54)73-67/h1-40H. The first-order chi connectivity index (χ1) is 36.2. The number of hydrogen-bond acceptors (Lipinski definition) is 3. The quantitative estimate of drug-likeness (QED) is 0.161. The Labute approximate surface area is 422 Å². The minimum atomic E-state index is 0.629. The average molecular weight is 945 g/mol. The van der Waals surface area contributed by atoms with Crippen LogP contribution in [0.25, 0.3) is 152 Å². The lowest BCUT2D eigenvalue weighted by Crippen LogP contribution is -2.04. The zero-order chi connectivity index (χ0) is 47.7. The van der Waals surface area contributed by atoms with Crippen molar-refractivity contribution in [2.24, 2.45) is 0 Å². The second kappa shape index (κ2) is 15.5. The Hall–Kier alpha value is -9.42. The van der Waals surface area contributed by atoms with Crippen LogP contribution < -0.4 is 0 Å². The average Bonchev–Trinajstić information content (AvgIpc) is 4.11. The van der Waals surface area contributed by atoms with Gasteiger partial charge < -0.3 is 4.57 Å². The number of para-hydroxylation sites is 2. The van der Waals surface area contributed by atoms with E-state index in [0.29, 0.717) is 5.95 Å². The van der Waals surface area contributed by atoms with E-state index < -0.39 is 0 Å². The van der Waals surface area contributed by atoms with Crippen molar-refractivity contribution in [2.45, 2.75) is 0 Å². The summed E-state index contributed by atoms with van der Waals surface area (Å²) >= 11 is 1.86. The monoisotopic (exact) mass is 944 g/mol. The van der Waals surface area contributed by atoms with Crippen LogP contribution in [-0.2, 0) is 0 Å². The molecule has 16 aromatic rings. The van der Waals surface area contributed by atoms with Crippen LogP contribution in [0.15, 0.2) is 243 Å². The molecule has 12 aromatic carbocycles. The molecule has 5 heteroatoms. The molecule has 4 aromatic heterocycles. The van der Waals surface area contributed by atoms with Gasteiger partial charge in [-0.15, -0.1) is 11.3 Å². The molecule has 16 rings (SSSR count). The molecule has 338 valence electrons. The highest BCUT2D eigenvalue weighted by molar-refractivity contribution is 7.25. The van der Waals surface area contributed by atoms with E-state index in [4.69, 9.17) is 9.97 Å². The van der Waals surface area contributed by atoms with Crippen molar-refractivity contribution < 1.29 is 0 Å². The Morgan fingerprint density at radius 3 is 1.30 bits per heavy atom. The molecule has 0 fully saturated rings. The normalized spacial score (nSPS) is 12.1. The van der Waals surface area contributed by atoms with Gasteiger partial charge in [-0.2, -0.15) is 0 Å². The molecular formula is C68H40N4S. The number of aromatic nitrogens is 4. The highest BCUT2D eigenvalue weighted by atomic mass is 32.1. The van der Waals surface area contributed by atoms with Crippen LogP contribution in [0.2, 0.25) is 0 Å². The van der Waals surface area contributed by atoms with Gasteiger partial charge in [0.15, 0.2) is 0 Å². The van der Waals surface area contributed by atoms with Crippen LogP contribution in [0, 0.1) is 0 Å². The second-order valence-electron chi connectivity index (χ2n) is 19.3. The van der Waals surface area contributed by atoms with E-state index in [2.05, 4.69) is 252 Å². The number of nitrogens with zero attached hydrogens (tertiary/aromatic N) is 4. The number of rotatable bonds is 5. The maximum absolute atomic E-state index is 5.62. The van der Waals surface area contributed by atoms with Gasteiger partial charge >= 0.3 is 0 Å². The van der Waals surface area contributed by atoms with Crippen molar-refractivity contribution in [3.63, 3.8) is 0 Å². The lowest BCUT2D eigenvalue weighted by atomic mass is 9.93. The van der Waals surface area contributed by atoms with Gasteiger partial charge in [0, 0.05) is 58.5 Å². The third kappa shape index (κ3) is 6.07. The maximum Gasteiger partial charge on any atom is 0.235 e. The van der Waals surface area contributed by atoms with E-state index in [9.17, 15) is 0 Å². The first kappa shape index (κ1) is 40.3. The van der Waals surface area contributed by atoms with Crippen molar-refractivity contribution in [3.8, 4) is 45.3 Å². The summed E-state index contributed by atoms with van der Waals surface area (Å²) in [5, 5.41) is 16.9. The molecule has 0 aliphatic carbocycles.